The lowest BCUT2D eigenvalue weighted by molar-refractivity contribution is 0.193. The first kappa shape index (κ1) is 49.6. The van der Waals surface area contributed by atoms with Crippen molar-refractivity contribution in [1.82, 2.24) is 0 Å². The monoisotopic (exact) mass is 731 g/mol. The first-order valence-corrected chi connectivity index (χ1v) is 23.2. The van der Waals surface area contributed by atoms with E-state index in [1.54, 1.807) is 0 Å². The molecule has 0 aliphatic heterocycles. The minimum atomic E-state index is -4.31. The van der Waals surface area contributed by atoms with Crippen molar-refractivity contribution in [3.8, 4) is 0 Å². The molecule has 0 fully saturated rings. The molecule has 0 saturated carbocycles. The molecule has 0 rings (SSSR count). The normalized spacial score (nSPS) is 13.6. The minimum Gasteiger partial charge on any atom is -0.303 e. The zero-order valence-corrected chi connectivity index (χ0v) is 34.5. The van der Waals surface area contributed by atoms with Crippen molar-refractivity contribution in [3.05, 3.63) is 72.9 Å². The molecule has 51 heavy (non-hydrogen) atoms. The van der Waals surface area contributed by atoms with Crippen LogP contribution in [0.4, 0.5) is 0 Å². The van der Waals surface area contributed by atoms with Crippen molar-refractivity contribution >= 4 is 7.82 Å². The van der Waals surface area contributed by atoms with Gasteiger partial charge in [0.15, 0.2) is 0 Å². The van der Waals surface area contributed by atoms with E-state index >= 15 is 0 Å². The Morgan fingerprint density at radius 2 is 0.706 bits per heavy atom. The van der Waals surface area contributed by atoms with Crippen LogP contribution < -0.4 is 0 Å². The van der Waals surface area contributed by atoms with E-state index < -0.39 is 7.82 Å². The average Bonchev–Trinajstić information content (AvgIpc) is 3.11. The highest BCUT2D eigenvalue weighted by molar-refractivity contribution is 7.46. The zero-order valence-electron chi connectivity index (χ0n) is 33.6. The van der Waals surface area contributed by atoms with Crippen LogP contribution in [0.15, 0.2) is 72.9 Å². The van der Waals surface area contributed by atoms with E-state index in [2.05, 4.69) is 91.3 Å². The van der Waals surface area contributed by atoms with Gasteiger partial charge in [-0.1, -0.05) is 234 Å². The second kappa shape index (κ2) is 41.3. The lowest BCUT2D eigenvalue weighted by Crippen LogP contribution is -2.02. The van der Waals surface area contributed by atoms with Gasteiger partial charge in [-0.05, 0) is 50.9 Å². The van der Waals surface area contributed by atoms with Crippen LogP contribution in [0.25, 0.3) is 0 Å². The van der Waals surface area contributed by atoms with Crippen LogP contribution in [0.2, 0.25) is 0 Å². The molecule has 0 aromatic carbocycles. The summed E-state index contributed by atoms with van der Waals surface area (Å²) in [4.78, 5) is 17.6. The predicted molar refractivity (Wildman–Crippen MR) is 226 cm³/mol. The quantitative estimate of drug-likeness (QED) is 0.0375. The van der Waals surface area contributed by atoms with Crippen LogP contribution in [0.3, 0.4) is 0 Å². The summed E-state index contributed by atoms with van der Waals surface area (Å²) in [6, 6.07) is 0. The number of hydrogen-bond acceptors (Lipinski definition) is 2. The Bertz CT molecular complexity index is 872. The molecule has 296 valence electrons. The highest BCUT2D eigenvalue weighted by atomic mass is 31.2. The standard InChI is InChI=1S/C46H83O4P/c1-3-5-7-9-11-13-15-17-19-21-23-25-27-30-34-38-42-46(44-40-36-32-29-33-37-41-45-50-51(47,48)49)43-39-35-31-28-26-24-22-20-18-16-14-12-10-8-6-4-2/h9-20,46H,3-8,21-45H2,1-2H3,(H2,47,48,49). The summed E-state index contributed by atoms with van der Waals surface area (Å²) in [7, 11) is -4.31. The van der Waals surface area contributed by atoms with Crippen LogP contribution in [0.1, 0.15) is 206 Å². The van der Waals surface area contributed by atoms with Crippen molar-refractivity contribution < 1.29 is 18.9 Å². The minimum absolute atomic E-state index is 0.158. The van der Waals surface area contributed by atoms with Gasteiger partial charge in [0.2, 0.25) is 0 Å². The predicted octanol–water partition coefficient (Wildman–Crippen LogP) is 15.8. The molecule has 4 nitrogen and oxygen atoms in total. The zero-order chi connectivity index (χ0) is 37.2. The maximum Gasteiger partial charge on any atom is 0.469 e. The number of rotatable bonds is 39. The van der Waals surface area contributed by atoms with Gasteiger partial charge < -0.3 is 9.79 Å². The number of phosphoric ester groups is 1. The maximum atomic E-state index is 10.8. The van der Waals surface area contributed by atoms with Crippen LogP contribution in [-0.2, 0) is 9.09 Å². The van der Waals surface area contributed by atoms with Gasteiger partial charge in [0.25, 0.3) is 0 Å². The summed E-state index contributed by atoms with van der Waals surface area (Å²) >= 11 is 0. The topological polar surface area (TPSA) is 66.8 Å². The van der Waals surface area contributed by atoms with Crippen molar-refractivity contribution in [2.24, 2.45) is 5.92 Å². The molecular formula is C46H83O4P. The van der Waals surface area contributed by atoms with Gasteiger partial charge >= 0.3 is 7.82 Å². The van der Waals surface area contributed by atoms with Crippen LogP contribution >= 0.6 is 7.82 Å². The van der Waals surface area contributed by atoms with Crippen molar-refractivity contribution in [1.29, 1.82) is 0 Å². The molecule has 0 amide bonds. The number of hydrogen-bond donors (Lipinski definition) is 2. The van der Waals surface area contributed by atoms with Gasteiger partial charge in [-0.15, -0.1) is 0 Å². The van der Waals surface area contributed by atoms with E-state index in [1.807, 2.05) is 0 Å². The van der Waals surface area contributed by atoms with Gasteiger partial charge in [0.05, 0.1) is 6.61 Å². The molecular weight excluding hydrogens is 647 g/mol. The summed E-state index contributed by atoms with van der Waals surface area (Å²) in [6.45, 7) is 4.63. The van der Waals surface area contributed by atoms with Gasteiger partial charge in [-0.25, -0.2) is 4.57 Å². The number of unbranched alkanes of at least 4 members (excludes halogenated alkanes) is 22. The smallest absolute Gasteiger partial charge is 0.303 e. The Kier molecular flexibility index (Phi) is 40.1. The lowest BCUT2D eigenvalue weighted by Gasteiger charge is -2.17. The second-order valence-corrected chi connectivity index (χ2v) is 15.9. The largest absolute Gasteiger partial charge is 0.469 e. The Morgan fingerprint density at radius 3 is 1.04 bits per heavy atom. The molecule has 0 aromatic heterocycles. The third kappa shape index (κ3) is 44.6. The van der Waals surface area contributed by atoms with Crippen LogP contribution in [0.5, 0.6) is 0 Å². The second-order valence-electron chi connectivity index (χ2n) is 14.6. The fourth-order valence-electron chi connectivity index (χ4n) is 6.44. The molecule has 0 saturated heterocycles. The van der Waals surface area contributed by atoms with Gasteiger partial charge in [-0.2, -0.15) is 0 Å². The molecule has 0 heterocycles. The van der Waals surface area contributed by atoms with Crippen molar-refractivity contribution in [2.75, 3.05) is 6.61 Å². The van der Waals surface area contributed by atoms with Crippen LogP contribution in [-0.4, -0.2) is 16.4 Å². The molecule has 2 N–H and O–H groups in total. The summed E-state index contributed by atoms with van der Waals surface area (Å²) in [5, 5.41) is 0. The van der Waals surface area contributed by atoms with E-state index in [9.17, 15) is 4.57 Å². The lowest BCUT2D eigenvalue weighted by atomic mass is 9.89. The van der Waals surface area contributed by atoms with Gasteiger partial charge in [-0.3, -0.25) is 4.52 Å². The van der Waals surface area contributed by atoms with Gasteiger partial charge in [0.1, 0.15) is 0 Å². The number of allylic oxidation sites excluding steroid dienone is 12. The fourth-order valence-corrected chi connectivity index (χ4v) is 6.81. The Morgan fingerprint density at radius 1 is 0.412 bits per heavy atom. The Balaban J connectivity index is 4.14. The third-order valence-electron chi connectivity index (χ3n) is 9.64. The SMILES string of the molecule is CCCCC=CC=CC=CCCCCCCCCC(CCCCCCCCC=CC=CC=CCCCC)CCCCCCCCCOP(=O)(O)O. The molecule has 0 aliphatic rings. The van der Waals surface area contributed by atoms with E-state index in [0.717, 1.165) is 25.2 Å². The Hall–Kier alpha value is -1.45. The highest BCUT2D eigenvalue weighted by Gasteiger charge is 2.12. The summed E-state index contributed by atoms with van der Waals surface area (Å²) in [6.07, 6.45) is 65.0. The van der Waals surface area contributed by atoms with E-state index in [4.69, 9.17) is 9.79 Å². The van der Waals surface area contributed by atoms with Crippen molar-refractivity contribution in [2.45, 2.75) is 206 Å². The number of phosphoric acid groups is 1. The van der Waals surface area contributed by atoms with E-state index in [0.29, 0.717) is 0 Å². The molecule has 5 heteroatoms. The summed E-state index contributed by atoms with van der Waals surface area (Å²) in [5.74, 6) is 0.897. The fraction of sp³-hybridized carbons (Fsp3) is 0.739. The average molecular weight is 731 g/mol. The molecule has 0 atom stereocenters. The molecule has 0 aromatic rings. The third-order valence-corrected chi connectivity index (χ3v) is 10.2. The summed E-state index contributed by atoms with van der Waals surface area (Å²) in [5.41, 5.74) is 0. The Labute approximate surface area is 317 Å². The molecule has 0 unspecified atom stereocenters. The van der Waals surface area contributed by atoms with Crippen LogP contribution in [0, 0.1) is 5.92 Å². The molecule has 0 bridgehead atoms. The molecule has 0 spiro atoms. The first-order chi connectivity index (χ1) is 25.0. The van der Waals surface area contributed by atoms with Gasteiger partial charge in [0, 0.05) is 0 Å². The van der Waals surface area contributed by atoms with E-state index in [1.165, 1.54) is 173 Å². The maximum absolute atomic E-state index is 10.8. The molecule has 0 radical (unpaired) electrons. The van der Waals surface area contributed by atoms with E-state index in [-0.39, 0.29) is 6.61 Å². The highest BCUT2D eigenvalue weighted by Crippen LogP contribution is 2.35. The van der Waals surface area contributed by atoms with Crippen molar-refractivity contribution in [3.63, 3.8) is 0 Å². The molecule has 0 aliphatic carbocycles. The first-order valence-electron chi connectivity index (χ1n) is 21.7. The summed E-state index contributed by atoms with van der Waals surface area (Å²) < 4.78 is 15.3.